The van der Waals surface area contributed by atoms with Crippen LogP contribution < -0.4 is 0 Å². The first-order chi connectivity index (χ1) is 26.3. The van der Waals surface area contributed by atoms with Gasteiger partial charge in [0.2, 0.25) is 23.6 Å². The van der Waals surface area contributed by atoms with Crippen LogP contribution in [0.15, 0.2) is 121 Å². The van der Waals surface area contributed by atoms with E-state index in [1.165, 1.54) is 9.80 Å². The monoisotopic (exact) mass is 732 g/mol. The van der Waals surface area contributed by atoms with Crippen molar-refractivity contribution in [1.29, 1.82) is 0 Å². The van der Waals surface area contributed by atoms with Crippen LogP contribution in [0.1, 0.15) is 61.0 Å². The van der Waals surface area contributed by atoms with Gasteiger partial charge in [0.1, 0.15) is 0 Å². The molecule has 4 amide bonds. The van der Waals surface area contributed by atoms with Gasteiger partial charge in [0, 0.05) is 39.0 Å². The van der Waals surface area contributed by atoms with Crippen LogP contribution in [0.2, 0.25) is 0 Å². The van der Waals surface area contributed by atoms with Gasteiger partial charge < -0.3 is 29.1 Å². The van der Waals surface area contributed by atoms with Crippen LogP contribution in [0.5, 0.6) is 0 Å². The molecule has 1 aliphatic heterocycles. The summed E-state index contributed by atoms with van der Waals surface area (Å²) in [5.74, 6) is -1.04. The second-order valence-corrected chi connectivity index (χ2v) is 13.6. The summed E-state index contributed by atoms with van der Waals surface area (Å²) < 4.78 is 11.9. The number of hydrogen-bond donors (Lipinski definition) is 0. The van der Waals surface area contributed by atoms with Gasteiger partial charge in [-0.2, -0.15) is 0 Å². The molecule has 10 nitrogen and oxygen atoms in total. The minimum absolute atomic E-state index is 0.00273. The molecule has 2 atom stereocenters. The van der Waals surface area contributed by atoms with Gasteiger partial charge in [-0.3, -0.25) is 19.2 Å². The summed E-state index contributed by atoms with van der Waals surface area (Å²) in [6.07, 6.45) is -0.00545. The van der Waals surface area contributed by atoms with E-state index in [-0.39, 0.29) is 101 Å². The lowest BCUT2D eigenvalue weighted by molar-refractivity contribution is -0.147. The minimum Gasteiger partial charge on any atom is -0.375 e. The molecule has 4 aromatic carbocycles. The molecular formula is C44H52N4O6. The van der Waals surface area contributed by atoms with Gasteiger partial charge in [-0.25, -0.2) is 0 Å². The molecule has 0 radical (unpaired) electrons. The van der Waals surface area contributed by atoms with E-state index in [0.717, 1.165) is 22.3 Å². The van der Waals surface area contributed by atoms with Gasteiger partial charge in [-0.15, -0.1) is 0 Å². The third kappa shape index (κ3) is 11.8. The number of amides is 4. The zero-order chi connectivity index (χ0) is 38.1. The maximum Gasteiger partial charge on any atom is 0.242 e. The fourth-order valence-electron chi connectivity index (χ4n) is 6.61. The minimum atomic E-state index is -0.364. The third-order valence-corrected chi connectivity index (χ3v) is 9.86. The number of carbonyl (C=O) groups is 4. The molecule has 1 saturated heterocycles. The Morgan fingerprint density at radius 3 is 1.17 bits per heavy atom. The van der Waals surface area contributed by atoms with Gasteiger partial charge in [0.25, 0.3) is 0 Å². The van der Waals surface area contributed by atoms with E-state index in [0.29, 0.717) is 13.2 Å². The lowest BCUT2D eigenvalue weighted by Gasteiger charge is -2.35. The Bertz CT molecular complexity index is 1630. The average Bonchev–Trinajstić information content (AvgIpc) is 3.21. The highest BCUT2D eigenvalue weighted by Crippen LogP contribution is 2.24. The maximum atomic E-state index is 14.2. The Kier molecular flexibility index (Phi) is 15.4. The van der Waals surface area contributed by atoms with Gasteiger partial charge in [0.05, 0.1) is 51.6 Å². The third-order valence-electron chi connectivity index (χ3n) is 9.86. The normalized spacial score (nSPS) is 16.3. The molecular weight excluding hydrogens is 681 g/mol. The number of ether oxygens (including phenoxy) is 2. The van der Waals surface area contributed by atoms with Crippen molar-refractivity contribution in [2.75, 3.05) is 52.5 Å². The summed E-state index contributed by atoms with van der Waals surface area (Å²) in [5, 5.41) is 0. The van der Waals surface area contributed by atoms with Crippen molar-refractivity contribution in [1.82, 2.24) is 19.6 Å². The number of rotatable bonds is 14. The first kappa shape index (κ1) is 39.9. The molecule has 54 heavy (non-hydrogen) atoms. The second-order valence-electron chi connectivity index (χ2n) is 13.6. The lowest BCUT2D eigenvalue weighted by atomic mass is 10.1. The van der Waals surface area contributed by atoms with E-state index in [9.17, 15) is 19.2 Å². The first-order valence-electron chi connectivity index (χ1n) is 18.8. The average molecular weight is 733 g/mol. The molecule has 4 aromatic rings. The molecule has 1 heterocycles. The summed E-state index contributed by atoms with van der Waals surface area (Å²) in [7, 11) is 0. The molecule has 10 heteroatoms. The van der Waals surface area contributed by atoms with Gasteiger partial charge >= 0.3 is 0 Å². The molecule has 0 N–H and O–H groups in total. The Balaban J connectivity index is 1.39. The summed E-state index contributed by atoms with van der Waals surface area (Å²) in [4.78, 5) is 62.9. The number of benzene rings is 4. The van der Waals surface area contributed by atoms with Crippen LogP contribution in [-0.4, -0.2) is 95.7 Å². The molecule has 0 aliphatic carbocycles. The molecule has 1 fully saturated rings. The van der Waals surface area contributed by atoms with E-state index in [4.69, 9.17) is 9.47 Å². The van der Waals surface area contributed by atoms with Crippen LogP contribution in [0.3, 0.4) is 0 Å². The molecule has 0 unspecified atom stereocenters. The highest BCUT2D eigenvalue weighted by Gasteiger charge is 2.31. The Morgan fingerprint density at radius 2 is 0.815 bits per heavy atom. The number of nitrogens with zero attached hydrogens (tertiary/aromatic N) is 4. The molecule has 0 aromatic heterocycles. The van der Waals surface area contributed by atoms with E-state index in [1.807, 2.05) is 135 Å². The van der Waals surface area contributed by atoms with Gasteiger partial charge in [0.15, 0.2) is 0 Å². The highest BCUT2D eigenvalue weighted by atomic mass is 16.5. The van der Waals surface area contributed by atoms with Crippen molar-refractivity contribution in [3.05, 3.63) is 144 Å². The van der Waals surface area contributed by atoms with Crippen LogP contribution >= 0.6 is 0 Å². The number of hydrogen-bond acceptors (Lipinski definition) is 6. The second kappa shape index (κ2) is 20.8. The number of carbonyl (C=O) groups excluding carboxylic acids is 4. The SMILES string of the molecule is C[C@@H](c1ccccc1)N1CCC(=O)N(CCOCc2ccccc2)CC(=O)N([C@@H](C)c2ccccc2)CCC(=O)N(CCOCc2ccccc2)CC1=O. The summed E-state index contributed by atoms with van der Waals surface area (Å²) in [5.41, 5.74) is 3.84. The van der Waals surface area contributed by atoms with Crippen molar-refractivity contribution in [2.45, 2.75) is 52.0 Å². The van der Waals surface area contributed by atoms with Crippen LogP contribution in [0, 0.1) is 0 Å². The lowest BCUT2D eigenvalue weighted by Crippen LogP contribution is -2.49. The van der Waals surface area contributed by atoms with Crippen LogP contribution in [0.4, 0.5) is 0 Å². The molecule has 0 bridgehead atoms. The van der Waals surface area contributed by atoms with E-state index < -0.39 is 0 Å². The van der Waals surface area contributed by atoms with Crippen molar-refractivity contribution in [3.63, 3.8) is 0 Å². The van der Waals surface area contributed by atoms with E-state index >= 15 is 0 Å². The fourth-order valence-corrected chi connectivity index (χ4v) is 6.61. The molecule has 0 saturated carbocycles. The smallest absolute Gasteiger partial charge is 0.242 e. The van der Waals surface area contributed by atoms with Gasteiger partial charge in [-0.05, 0) is 36.1 Å². The van der Waals surface area contributed by atoms with Crippen LogP contribution in [-0.2, 0) is 41.9 Å². The predicted molar refractivity (Wildman–Crippen MR) is 208 cm³/mol. The van der Waals surface area contributed by atoms with E-state index in [2.05, 4.69) is 0 Å². The zero-order valence-electron chi connectivity index (χ0n) is 31.4. The zero-order valence-corrected chi connectivity index (χ0v) is 31.4. The Hall–Kier alpha value is -5.32. The van der Waals surface area contributed by atoms with E-state index in [1.54, 1.807) is 9.80 Å². The Labute approximate surface area is 319 Å². The fraction of sp³-hybridized carbons (Fsp3) is 0.364. The standard InChI is InChI=1S/C44H52N4O6/c1-35(39-19-11-5-12-20-39)47-25-23-41(49)46(28-30-54-34-38-17-9-4-10-18-38)32-44(52)48(36(2)40-21-13-6-14-22-40)26-24-42(50)45(31-43(47)51)27-29-53-33-37-15-7-3-8-16-37/h3-22,35-36H,23-34H2,1-2H3/t35-,36-/m0/s1. The molecule has 284 valence electrons. The Morgan fingerprint density at radius 1 is 0.481 bits per heavy atom. The quantitative estimate of drug-likeness (QED) is 0.147. The van der Waals surface area contributed by atoms with Gasteiger partial charge in [-0.1, -0.05) is 121 Å². The molecule has 0 spiro atoms. The van der Waals surface area contributed by atoms with Crippen LogP contribution in [0.25, 0.3) is 0 Å². The van der Waals surface area contributed by atoms with Crippen molar-refractivity contribution in [2.24, 2.45) is 0 Å². The highest BCUT2D eigenvalue weighted by molar-refractivity contribution is 5.88. The summed E-state index contributed by atoms with van der Waals surface area (Å²) >= 11 is 0. The summed E-state index contributed by atoms with van der Waals surface area (Å²) in [6, 6.07) is 38.1. The summed E-state index contributed by atoms with van der Waals surface area (Å²) in [6.45, 7) is 5.31. The topological polar surface area (TPSA) is 99.7 Å². The molecule has 1 aliphatic rings. The van der Waals surface area contributed by atoms with Crippen molar-refractivity contribution >= 4 is 23.6 Å². The largest absolute Gasteiger partial charge is 0.375 e. The van der Waals surface area contributed by atoms with Crippen molar-refractivity contribution in [3.8, 4) is 0 Å². The first-order valence-corrected chi connectivity index (χ1v) is 18.8. The van der Waals surface area contributed by atoms with Crippen molar-refractivity contribution < 1.29 is 28.7 Å². The maximum absolute atomic E-state index is 14.2. The predicted octanol–water partition coefficient (Wildman–Crippen LogP) is 6.05. The molecule has 5 rings (SSSR count).